The molecule has 3 atom stereocenters. The summed E-state index contributed by atoms with van der Waals surface area (Å²) in [7, 11) is 0. The number of imidazole rings is 1. The fourth-order valence-electron chi connectivity index (χ4n) is 2.25. The smallest absolute Gasteiger partial charge is 0.278 e. The number of nitrogens with one attached hydrogen (secondary N) is 2. The van der Waals surface area contributed by atoms with Gasteiger partial charge in [-0.15, -0.1) is 0 Å². The third kappa shape index (κ3) is 1.62. The first kappa shape index (κ1) is 11.3. The molecule has 1 aliphatic heterocycles. The van der Waals surface area contributed by atoms with E-state index >= 15 is 0 Å². The number of nitrogens with zero attached hydrogens (tertiary/aromatic N) is 3. The van der Waals surface area contributed by atoms with Crippen LogP contribution in [0.1, 0.15) is 6.04 Å². The van der Waals surface area contributed by atoms with Crippen LogP contribution in [0, 0.1) is 0 Å². The van der Waals surface area contributed by atoms with Crippen LogP contribution in [0.5, 0.6) is 0 Å². The molecule has 0 aliphatic carbocycles. The molecule has 0 radical (unpaired) electrons. The third-order valence-electron chi connectivity index (χ3n) is 3.22. The van der Waals surface area contributed by atoms with Gasteiger partial charge in [0.2, 0.25) is 0 Å². The van der Waals surface area contributed by atoms with E-state index in [1.807, 2.05) is 0 Å². The van der Waals surface area contributed by atoms with Gasteiger partial charge in [0, 0.05) is 13.1 Å². The third-order valence-corrected chi connectivity index (χ3v) is 3.22. The molecule has 1 saturated heterocycles. The predicted molar refractivity (Wildman–Crippen MR) is 62.1 cm³/mol. The number of rotatable bonds is 1. The summed E-state index contributed by atoms with van der Waals surface area (Å²) in [6.07, 6.45) is 0.996. The van der Waals surface area contributed by atoms with Gasteiger partial charge in [-0.2, -0.15) is 0 Å². The number of hydrogen-bond acceptors (Lipinski definition) is 6. The van der Waals surface area contributed by atoms with Crippen molar-refractivity contribution in [1.82, 2.24) is 24.8 Å². The molecule has 2 aromatic heterocycles. The Balaban J connectivity index is 2.09. The molecule has 0 unspecified atom stereocenters. The Morgan fingerprint density at radius 3 is 3.00 bits per heavy atom. The standard InChI is InChI=1S/C10H13N5O3/c16-6-2-11-1-5(8(6)17)15-4-14-7-9(15)12-3-13-10(7)18/h3-6,8,11,16-17H,1-2H2,(H,12,13,18)/t5-,6-,8+/m1/s1. The molecule has 18 heavy (non-hydrogen) atoms. The van der Waals surface area contributed by atoms with Gasteiger partial charge in [0.05, 0.1) is 24.8 Å². The summed E-state index contributed by atoms with van der Waals surface area (Å²) in [4.78, 5) is 22.0. The molecule has 3 heterocycles. The molecule has 0 amide bonds. The Labute approximate surface area is 101 Å². The van der Waals surface area contributed by atoms with Gasteiger partial charge in [0.25, 0.3) is 5.56 Å². The Kier molecular flexibility index (Phi) is 2.62. The van der Waals surface area contributed by atoms with E-state index < -0.39 is 18.2 Å². The molecule has 3 rings (SSSR count). The quantitative estimate of drug-likeness (QED) is 0.465. The molecule has 1 aliphatic rings. The van der Waals surface area contributed by atoms with E-state index in [1.54, 1.807) is 4.57 Å². The topological polar surface area (TPSA) is 116 Å². The van der Waals surface area contributed by atoms with Crippen molar-refractivity contribution < 1.29 is 10.2 Å². The molecule has 0 bridgehead atoms. The Morgan fingerprint density at radius 1 is 1.33 bits per heavy atom. The lowest BCUT2D eigenvalue weighted by Gasteiger charge is -2.33. The van der Waals surface area contributed by atoms with Crippen molar-refractivity contribution in [3.05, 3.63) is 23.0 Å². The van der Waals surface area contributed by atoms with Gasteiger partial charge in [0.1, 0.15) is 6.10 Å². The normalized spacial score (nSPS) is 28.7. The summed E-state index contributed by atoms with van der Waals surface area (Å²) >= 11 is 0. The highest BCUT2D eigenvalue weighted by atomic mass is 16.3. The van der Waals surface area contributed by atoms with Crippen molar-refractivity contribution in [3.8, 4) is 0 Å². The maximum Gasteiger partial charge on any atom is 0.278 e. The van der Waals surface area contributed by atoms with E-state index in [-0.39, 0.29) is 11.1 Å². The van der Waals surface area contributed by atoms with Crippen molar-refractivity contribution in [1.29, 1.82) is 0 Å². The SMILES string of the molecule is O=c1[nH]cnc2c1ncn2[C@@H]1CNC[C@@H](O)[C@H]1O. The average Bonchev–Trinajstić information content (AvgIpc) is 2.78. The number of fused-ring (bicyclic) bond motifs is 1. The maximum absolute atomic E-state index is 11.5. The van der Waals surface area contributed by atoms with Gasteiger partial charge < -0.3 is 25.1 Å². The molecule has 8 nitrogen and oxygen atoms in total. The number of H-pyrrole nitrogens is 1. The fraction of sp³-hybridized carbons (Fsp3) is 0.500. The van der Waals surface area contributed by atoms with E-state index in [1.165, 1.54) is 12.7 Å². The largest absolute Gasteiger partial charge is 0.389 e. The number of aliphatic hydroxyl groups is 2. The van der Waals surface area contributed by atoms with Gasteiger partial charge in [-0.3, -0.25) is 4.79 Å². The monoisotopic (exact) mass is 251 g/mol. The zero-order valence-corrected chi connectivity index (χ0v) is 9.45. The second kappa shape index (κ2) is 4.16. The van der Waals surface area contributed by atoms with Gasteiger partial charge >= 0.3 is 0 Å². The van der Waals surface area contributed by atoms with Crippen molar-refractivity contribution >= 4 is 11.2 Å². The lowest BCUT2D eigenvalue weighted by atomic mass is 10.0. The molecule has 0 saturated carbocycles. The maximum atomic E-state index is 11.5. The lowest BCUT2D eigenvalue weighted by Crippen LogP contribution is -2.50. The zero-order chi connectivity index (χ0) is 12.7. The highest BCUT2D eigenvalue weighted by molar-refractivity contribution is 5.68. The van der Waals surface area contributed by atoms with Gasteiger partial charge in [-0.25, -0.2) is 9.97 Å². The lowest BCUT2D eigenvalue weighted by molar-refractivity contribution is -0.0292. The Hall–Kier alpha value is -1.77. The molecule has 0 spiro atoms. The van der Waals surface area contributed by atoms with Crippen LogP contribution in [0.4, 0.5) is 0 Å². The summed E-state index contributed by atoms with van der Waals surface area (Å²) in [6.45, 7) is 0.830. The van der Waals surface area contributed by atoms with Crippen LogP contribution < -0.4 is 10.9 Å². The molecule has 0 aromatic carbocycles. The number of β-amino-alcohol motifs (C(OH)–C–C–N with tert-alkyl or cyclic N) is 1. The Morgan fingerprint density at radius 2 is 2.17 bits per heavy atom. The second-order valence-corrected chi connectivity index (χ2v) is 4.34. The van der Waals surface area contributed by atoms with Crippen LogP contribution in [0.3, 0.4) is 0 Å². The van der Waals surface area contributed by atoms with Gasteiger partial charge in [-0.05, 0) is 0 Å². The fourth-order valence-corrected chi connectivity index (χ4v) is 2.25. The molecule has 1 fully saturated rings. The molecule has 8 heteroatoms. The summed E-state index contributed by atoms with van der Waals surface area (Å²) in [5.41, 5.74) is 0.307. The summed E-state index contributed by atoms with van der Waals surface area (Å²) in [5, 5.41) is 22.6. The summed E-state index contributed by atoms with van der Waals surface area (Å²) in [6, 6.07) is -0.395. The van der Waals surface area contributed by atoms with Crippen molar-refractivity contribution in [3.63, 3.8) is 0 Å². The van der Waals surface area contributed by atoms with Crippen molar-refractivity contribution in [2.45, 2.75) is 18.2 Å². The zero-order valence-electron chi connectivity index (χ0n) is 9.45. The van der Waals surface area contributed by atoms with E-state index in [0.29, 0.717) is 18.7 Å². The first-order chi connectivity index (χ1) is 8.68. The van der Waals surface area contributed by atoms with Crippen LogP contribution in [0.15, 0.2) is 17.4 Å². The van der Waals surface area contributed by atoms with E-state index in [4.69, 9.17) is 0 Å². The number of aliphatic hydroxyl groups excluding tert-OH is 2. The van der Waals surface area contributed by atoms with Crippen LogP contribution in [0.2, 0.25) is 0 Å². The van der Waals surface area contributed by atoms with Crippen LogP contribution in [-0.2, 0) is 0 Å². The minimum atomic E-state index is -0.912. The number of aromatic amines is 1. The molecule has 2 aromatic rings. The molecular weight excluding hydrogens is 238 g/mol. The number of piperidine rings is 1. The summed E-state index contributed by atoms with van der Waals surface area (Å²) < 4.78 is 1.62. The van der Waals surface area contributed by atoms with Crippen LogP contribution in [0.25, 0.3) is 11.2 Å². The Bertz CT molecular complexity index is 621. The average molecular weight is 251 g/mol. The van der Waals surface area contributed by atoms with Crippen molar-refractivity contribution in [2.75, 3.05) is 13.1 Å². The van der Waals surface area contributed by atoms with Crippen LogP contribution >= 0.6 is 0 Å². The van der Waals surface area contributed by atoms with E-state index in [9.17, 15) is 15.0 Å². The molecular formula is C10H13N5O3. The highest BCUT2D eigenvalue weighted by Crippen LogP contribution is 2.20. The van der Waals surface area contributed by atoms with Crippen molar-refractivity contribution in [2.24, 2.45) is 0 Å². The first-order valence-electron chi connectivity index (χ1n) is 5.65. The minimum absolute atomic E-state index is 0.227. The summed E-state index contributed by atoms with van der Waals surface area (Å²) in [5.74, 6) is 0. The molecule has 96 valence electrons. The highest BCUT2D eigenvalue weighted by Gasteiger charge is 2.32. The number of hydrogen-bond donors (Lipinski definition) is 4. The van der Waals surface area contributed by atoms with E-state index in [0.717, 1.165) is 0 Å². The predicted octanol–water partition coefficient (Wildman–Crippen LogP) is -2.01. The first-order valence-corrected chi connectivity index (χ1v) is 5.65. The van der Waals surface area contributed by atoms with E-state index in [2.05, 4.69) is 20.3 Å². The molecule has 4 N–H and O–H groups in total. The van der Waals surface area contributed by atoms with Crippen LogP contribution in [-0.4, -0.2) is 55.0 Å². The second-order valence-electron chi connectivity index (χ2n) is 4.34. The minimum Gasteiger partial charge on any atom is -0.389 e. The number of aromatic nitrogens is 4. The van der Waals surface area contributed by atoms with Gasteiger partial charge in [0.15, 0.2) is 11.2 Å². The van der Waals surface area contributed by atoms with Gasteiger partial charge in [-0.1, -0.05) is 0 Å².